The molecule has 1 aromatic carbocycles. The average molecular weight is 344 g/mol. The molecule has 0 saturated heterocycles. The average Bonchev–Trinajstić information content (AvgIpc) is 3.12. The van der Waals surface area contributed by atoms with E-state index in [1.807, 2.05) is 19.1 Å². The summed E-state index contributed by atoms with van der Waals surface area (Å²) in [6.45, 7) is 5.16. The van der Waals surface area contributed by atoms with E-state index in [0.29, 0.717) is 10.6 Å². The molecule has 0 spiro atoms. The van der Waals surface area contributed by atoms with E-state index in [1.165, 1.54) is 22.5 Å². The molecule has 1 N–H and O–H groups in total. The number of carbonyl (C=O) groups is 2. The van der Waals surface area contributed by atoms with Crippen molar-refractivity contribution in [3.05, 3.63) is 44.9 Å². The van der Waals surface area contributed by atoms with Gasteiger partial charge in [0.1, 0.15) is 4.88 Å². The van der Waals surface area contributed by atoms with Crippen LogP contribution in [-0.2, 0) is 22.4 Å². The van der Waals surface area contributed by atoms with Crippen molar-refractivity contribution < 1.29 is 14.3 Å². The Balaban J connectivity index is 1.62. The van der Waals surface area contributed by atoms with Crippen molar-refractivity contribution in [2.75, 3.05) is 5.32 Å². The van der Waals surface area contributed by atoms with Crippen molar-refractivity contribution >= 4 is 28.9 Å². The molecule has 24 heavy (non-hydrogen) atoms. The van der Waals surface area contributed by atoms with Crippen LogP contribution in [0, 0.1) is 13.8 Å². The number of thiazole rings is 1. The third kappa shape index (κ3) is 3.48. The van der Waals surface area contributed by atoms with E-state index >= 15 is 0 Å². The molecule has 1 aromatic heterocycles. The fourth-order valence-electron chi connectivity index (χ4n) is 2.88. The van der Waals surface area contributed by atoms with Gasteiger partial charge in [-0.3, -0.25) is 4.79 Å². The molecule has 1 aliphatic carbocycles. The Labute approximate surface area is 145 Å². The SMILES string of the molecule is Cc1nc(C)c(C(=O)O[C@@H](C)C(=O)Nc2ccc3c(c2)CCC3)s1. The summed E-state index contributed by atoms with van der Waals surface area (Å²) < 4.78 is 5.28. The summed E-state index contributed by atoms with van der Waals surface area (Å²) in [7, 11) is 0. The van der Waals surface area contributed by atoms with E-state index in [2.05, 4.69) is 16.4 Å². The smallest absolute Gasteiger partial charge is 0.351 e. The Morgan fingerprint density at radius 1 is 1.25 bits per heavy atom. The van der Waals surface area contributed by atoms with Crippen molar-refractivity contribution in [1.29, 1.82) is 0 Å². The quantitative estimate of drug-likeness (QED) is 0.863. The number of anilines is 1. The van der Waals surface area contributed by atoms with Gasteiger partial charge < -0.3 is 10.1 Å². The third-order valence-corrected chi connectivity index (χ3v) is 5.16. The number of hydrogen-bond donors (Lipinski definition) is 1. The number of rotatable bonds is 4. The van der Waals surface area contributed by atoms with Crippen molar-refractivity contribution in [2.45, 2.75) is 46.1 Å². The lowest BCUT2D eigenvalue weighted by atomic mass is 10.1. The number of amides is 1. The van der Waals surface area contributed by atoms with Crippen molar-refractivity contribution in [3.63, 3.8) is 0 Å². The normalized spacial score (nSPS) is 14.1. The fraction of sp³-hybridized carbons (Fsp3) is 0.389. The summed E-state index contributed by atoms with van der Waals surface area (Å²) in [6.07, 6.45) is 2.44. The predicted molar refractivity (Wildman–Crippen MR) is 93.6 cm³/mol. The number of fused-ring (bicyclic) bond motifs is 1. The van der Waals surface area contributed by atoms with Gasteiger partial charge in [0.05, 0.1) is 10.7 Å². The molecule has 0 aliphatic heterocycles. The summed E-state index contributed by atoms with van der Waals surface area (Å²) in [5.74, 6) is -0.838. The molecular formula is C18H20N2O3S. The number of hydrogen-bond acceptors (Lipinski definition) is 5. The highest BCUT2D eigenvalue weighted by molar-refractivity contribution is 7.13. The topological polar surface area (TPSA) is 68.3 Å². The zero-order valence-electron chi connectivity index (χ0n) is 14.0. The minimum Gasteiger partial charge on any atom is -0.448 e. The number of nitrogens with one attached hydrogen (secondary N) is 1. The highest BCUT2D eigenvalue weighted by Gasteiger charge is 2.22. The van der Waals surface area contributed by atoms with E-state index in [0.717, 1.165) is 30.0 Å². The molecule has 126 valence electrons. The first kappa shape index (κ1) is 16.6. The standard InChI is InChI=1S/C18H20N2O3S/c1-10-16(24-12(3)19-10)18(22)23-11(2)17(21)20-15-8-7-13-5-4-6-14(13)9-15/h7-9,11H,4-6H2,1-3H3,(H,20,21)/t11-/m0/s1. The Bertz CT molecular complexity index is 798. The molecule has 0 bridgehead atoms. The van der Waals surface area contributed by atoms with Gasteiger partial charge in [0.25, 0.3) is 5.91 Å². The highest BCUT2D eigenvalue weighted by Crippen LogP contribution is 2.25. The van der Waals surface area contributed by atoms with Crippen LogP contribution < -0.4 is 5.32 Å². The van der Waals surface area contributed by atoms with E-state index in [9.17, 15) is 9.59 Å². The van der Waals surface area contributed by atoms with E-state index in [1.54, 1.807) is 13.8 Å². The largest absolute Gasteiger partial charge is 0.448 e. The van der Waals surface area contributed by atoms with Gasteiger partial charge in [0.2, 0.25) is 0 Å². The highest BCUT2D eigenvalue weighted by atomic mass is 32.1. The number of benzene rings is 1. The second-order valence-electron chi connectivity index (χ2n) is 6.02. The van der Waals surface area contributed by atoms with Crippen LogP contribution in [0.15, 0.2) is 18.2 Å². The Morgan fingerprint density at radius 2 is 2.00 bits per heavy atom. The zero-order valence-corrected chi connectivity index (χ0v) is 14.8. The van der Waals surface area contributed by atoms with Gasteiger partial charge in [0.15, 0.2) is 6.10 Å². The summed E-state index contributed by atoms with van der Waals surface area (Å²) in [6, 6.07) is 5.96. The van der Waals surface area contributed by atoms with E-state index < -0.39 is 12.1 Å². The van der Waals surface area contributed by atoms with Gasteiger partial charge in [-0.15, -0.1) is 11.3 Å². The molecule has 6 heteroatoms. The molecule has 1 aliphatic rings. The maximum absolute atomic E-state index is 12.3. The summed E-state index contributed by atoms with van der Waals surface area (Å²) in [4.78, 5) is 29.1. The monoisotopic (exact) mass is 344 g/mol. The number of ether oxygens (including phenoxy) is 1. The Morgan fingerprint density at radius 3 is 2.71 bits per heavy atom. The zero-order chi connectivity index (χ0) is 17.3. The number of carbonyl (C=O) groups excluding carboxylic acids is 2. The maximum Gasteiger partial charge on any atom is 0.351 e. The lowest BCUT2D eigenvalue weighted by Gasteiger charge is -2.14. The van der Waals surface area contributed by atoms with E-state index in [-0.39, 0.29) is 5.91 Å². The summed E-state index contributed by atoms with van der Waals surface area (Å²) in [5, 5.41) is 3.62. The predicted octanol–water partition coefficient (Wildman–Crippen LogP) is 3.43. The summed E-state index contributed by atoms with van der Waals surface area (Å²) >= 11 is 1.28. The first-order valence-corrected chi connectivity index (χ1v) is 8.83. The van der Waals surface area contributed by atoms with E-state index in [4.69, 9.17) is 4.74 Å². The molecule has 3 rings (SSSR count). The summed E-state index contributed by atoms with van der Waals surface area (Å²) in [5.41, 5.74) is 4.01. The fourth-order valence-corrected chi connectivity index (χ4v) is 3.68. The van der Waals surface area contributed by atoms with Crippen LogP contribution in [0.2, 0.25) is 0 Å². The van der Waals surface area contributed by atoms with Crippen LogP contribution in [0.3, 0.4) is 0 Å². The van der Waals surface area contributed by atoms with Crippen LogP contribution >= 0.6 is 11.3 Å². The molecule has 1 heterocycles. The minimum absolute atomic E-state index is 0.333. The molecule has 0 fully saturated rings. The van der Waals surface area contributed by atoms with Crippen LogP contribution in [-0.4, -0.2) is 23.0 Å². The van der Waals surface area contributed by atoms with Crippen LogP contribution in [0.25, 0.3) is 0 Å². The first-order chi connectivity index (χ1) is 11.4. The van der Waals surface area contributed by atoms with Gasteiger partial charge in [-0.05, 0) is 63.3 Å². The number of aromatic nitrogens is 1. The van der Waals surface area contributed by atoms with Crippen molar-refractivity contribution in [1.82, 2.24) is 4.98 Å². The number of nitrogens with zero attached hydrogens (tertiary/aromatic N) is 1. The molecule has 5 nitrogen and oxygen atoms in total. The van der Waals surface area contributed by atoms with Crippen LogP contribution in [0.4, 0.5) is 5.69 Å². The minimum atomic E-state index is -0.868. The number of esters is 1. The van der Waals surface area contributed by atoms with Crippen LogP contribution in [0.5, 0.6) is 0 Å². The Hall–Kier alpha value is -2.21. The van der Waals surface area contributed by atoms with Crippen molar-refractivity contribution in [2.24, 2.45) is 0 Å². The second-order valence-corrected chi connectivity index (χ2v) is 7.22. The lowest BCUT2D eigenvalue weighted by molar-refractivity contribution is -0.123. The second kappa shape index (κ2) is 6.73. The first-order valence-electron chi connectivity index (χ1n) is 8.01. The maximum atomic E-state index is 12.3. The lowest BCUT2D eigenvalue weighted by Crippen LogP contribution is -2.30. The van der Waals surface area contributed by atoms with Gasteiger partial charge in [-0.1, -0.05) is 6.07 Å². The Kier molecular flexibility index (Phi) is 4.66. The van der Waals surface area contributed by atoms with Gasteiger partial charge in [-0.2, -0.15) is 0 Å². The molecule has 1 amide bonds. The molecule has 2 aromatic rings. The molecular weight excluding hydrogens is 324 g/mol. The van der Waals surface area contributed by atoms with Gasteiger partial charge >= 0.3 is 5.97 Å². The van der Waals surface area contributed by atoms with Gasteiger partial charge in [0, 0.05) is 5.69 Å². The molecule has 1 atom stereocenters. The molecule has 0 radical (unpaired) electrons. The van der Waals surface area contributed by atoms with Crippen molar-refractivity contribution in [3.8, 4) is 0 Å². The third-order valence-electron chi connectivity index (χ3n) is 4.11. The van der Waals surface area contributed by atoms with Gasteiger partial charge in [-0.25, -0.2) is 9.78 Å². The molecule has 0 unspecified atom stereocenters. The molecule has 0 saturated carbocycles. The number of aryl methyl sites for hydroxylation is 4. The van der Waals surface area contributed by atoms with Crippen LogP contribution in [0.1, 0.15) is 44.8 Å².